The molecule has 2 aromatic carbocycles. The molecular formula is C48H71N8O12P. The molecule has 3 aromatic rings. The molecule has 0 spiro atoms. The number of unbranched alkanes of at least 4 members (excludes halogenated alkanes) is 4. The predicted molar refractivity (Wildman–Crippen MR) is 256 cm³/mol. The number of ether oxygens (including phenoxy) is 1. The van der Waals surface area contributed by atoms with Crippen molar-refractivity contribution in [1.29, 1.82) is 0 Å². The minimum Gasteiger partial charge on any atom is -0.394 e. The minimum absolute atomic E-state index is 0.125. The molecule has 69 heavy (non-hydrogen) atoms. The summed E-state index contributed by atoms with van der Waals surface area (Å²) in [5.74, 6) is -5.06. The van der Waals surface area contributed by atoms with E-state index >= 15 is 0 Å². The first kappa shape index (κ1) is 56.1. The van der Waals surface area contributed by atoms with Gasteiger partial charge in [-0.2, -0.15) is 0 Å². The van der Waals surface area contributed by atoms with E-state index in [-0.39, 0.29) is 37.6 Å². The van der Waals surface area contributed by atoms with E-state index in [1.807, 2.05) is 54.8 Å². The highest BCUT2D eigenvalue weighted by Crippen LogP contribution is 2.38. The molecule has 1 aliphatic rings. The number of aliphatic hydroxyl groups is 1. The highest BCUT2D eigenvalue weighted by Gasteiger charge is 2.41. The zero-order chi connectivity index (χ0) is 50.5. The van der Waals surface area contributed by atoms with Crippen LogP contribution in [0.25, 0.3) is 0 Å². The summed E-state index contributed by atoms with van der Waals surface area (Å²) < 4.78 is 24.0. The molecule has 2 heterocycles. The molecule has 380 valence electrons. The highest BCUT2D eigenvalue weighted by molar-refractivity contribution is 7.46. The lowest BCUT2D eigenvalue weighted by atomic mass is 10.0. The minimum atomic E-state index is -5.13. The topological polar surface area (TPSA) is 294 Å². The summed E-state index contributed by atoms with van der Waals surface area (Å²) >= 11 is 0. The van der Waals surface area contributed by atoms with Crippen LogP contribution in [-0.2, 0) is 68.4 Å². The Hall–Kier alpha value is -5.50. The number of phosphoric acid groups is 1. The van der Waals surface area contributed by atoms with Crippen LogP contribution in [-0.4, -0.2) is 127 Å². The van der Waals surface area contributed by atoms with Crippen LogP contribution in [0.2, 0.25) is 0 Å². The van der Waals surface area contributed by atoms with Crippen molar-refractivity contribution < 1.29 is 57.5 Å². The second-order valence-corrected chi connectivity index (χ2v) is 19.2. The van der Waals surface area contributed by atoms with Gasteiger partial charge in [-0.1, -0.05) is 87.4 Å². The summed E-state index contributed by atoms with van der Waals surface area (Å²) in [4.78, 5) is 105. The number of amides is 6. The molecule has 9 N–H and O–H groups in total. The van der Waals surface area contributed by atoms with Gasteiger partial charge in [0.15, 0.2) is 0 Å². The summed E-state index contributed by atoms with van der Waals surface area (Å²) in [6.45, 7) is 6.35. The van der Waals surface area contributed by atoms with Gasteiger partial charge < -0.3 is 56.1 Å². The number of likely N-dealkylation sites (tertiary alicyclic amines) is 1. The van der Waals surface area contributed by atoms with Crippen LogP contribution in [0, 0.1) is 5.92 Å². The maximum atomic E-state index is 14.3. The number of nitrogens with two attached hydrogens (primary N) is 1. The molecule has 1 aromatic heterocycles. The Morgan fingerprint density at radius 3 is 1.96 bits per heavy atom. The van der Waals surface area contributed by atoms with Crippen molar-refractivity contribution in [2.45, 2.75) is 147 Å². The lowest BCUT2D eigenvalue weighted by molar-refractivity contribution is -0.139. The summed E-state index contributed by atoms with van der Waals surface area (Å²) in [7, 11) is -5.13. The Kier molecular flexibility index (Phi) is 23.0. The Morgan fingerprint density at radius 2 is 1.38 bits per heavy atom. The number of aryl methyl sites for hydroxylation is 3. The van der Waals surface area contributed by atoms with Gasteiger partial charge in [-0.3, -0.25) is 33.3 Å². The van der Waals surface area contributed by atoms with Crippen molar-refractivity contribution in [3.8, 4) is 0 Å². The number of primary amides is 1. The average molecular weight is 983 g/mol. The molecule has 1 aliphatic heterocycles. The molecule has 7 atom stereocenters. The van der Waals surface area contributed by atoms with Crippen molar-refractivity contribution in [3.05, 3.63) is 90.0 Å². The number of carbonyl (C=O) groups is 6. The smallest absolute Gasteiger partial charge is 0.394 e. The third-order valence-electron chi connectivity index (χ3n) is 11.9. The molecule has 4 rings (SSSR count). The van der Waals surface area contributed by atoms with Gasteiger partial charge in [0.25, 0.3) is 0 Å². The van der Waals surface area contributed by atoms with Crippen LogP contribution >= 0.6 is 7.82 Å². The second kappa shape index (κ2) is 28.2. The molecule has 0 saturated carbocycles. The molecule has 0 radical (unpaired) electrons. The Labute approximate surface area is 404 Å². The number of aromatic nitrogens is 2. The molecule has 6 amide bonds. The van der Waals surface area contributed by atoms with Gasteiger partial charge in [-0.05, 0) is 68.9 Å². The fourth-order valence-corrected chi connectivity index (χ4v) is 8.80. The third-order valence-corrected chi connectivity index (χ3v) is 12.5. The number of rotatable bonds is 30. The first-order valence-corrected chi connectivity index (χ1v) is 25.2. The lowest BCUT2D eigenvalue weighted by Crippen LogP contribution is -2.61. The number of imidazole rings is 1. The maximum absolute atomic E-state index is 14.3. The van der Waals surface area contributed by atoms with Crippen molar-refractivity contribution in [1.82, 2.24) is 35.7 Å². The van der Waals surface area contributed by atoms with Crippen LogP contribution in [0.3, 0.4) is 0 Å². The number of aliphatic hydroxyl groups excluding tert-OH is 1. The fraction of sp³-hybridized carbons (Fsp3) is 0.562. The number of hydrogen-bond donors (Lipinski definition) is 8. The second-order valence-electron chi connectivity index (χ2n) is 18.0. The van der Waals surface area contributed by atoms with Crippen molar-refractivity contribution >= 4 is 43.3 Å². The van der Waals surface area contributed by atoms with Crippen molar-refractivity contribution in [3.63, 3.8) is 0 Å². The quantitative estimate of drug-likeness (QED) is 0.0352. The van der Waals surface area contributed by atoms with Gasteiger partial charge in [0.1, 0.15) is 30.2 Å². The zero-order valence-electron chi connectivity index (χ0n) is 40.0. The third kappa shape index (κ3) is 19.4. The van der Waals surface area contributed by atoms with E-state index in [0.29, 0.717) is 18.8 Å². The molecular weight excluding hydrogens is 912 g/mol. The van der Waals surface area contributed by atoms with Crippen molar-refractivity contribution in [2.75, 3.05) is 19.8 Å². The number of benzene rings is 2. The van der Waals surface area contributed by atoms with Crippen LogP contribution in [0.5, 0.6) is 0 Å². The van der Waals surface area contributed by atoms with E-state index in [0.717, 1.165) is 58.3 Å². The predicted octanol–water partition coefficient (Wildman–Crippen LogP) is 2.22. The van der Waals surface area contributed by atoms with E-state index in [1.54, 1.807) is 12.5 Å². The van der Waals surface area contributed by atoms with Gasteiger partial charge in [-0.15, -0.1) is 0 Å². The maximum Gasteiger partial charge on any atom is 0.469 e. The number of carbonyl (C=O) groups excluding carboxylic acids is 6. The van der Waals surface area contributed by atoms with Gasteiger partial charge >= 0.3 is 7.82 Å². The van der Waals surface area contributed by atoms with Gasteiger partial charge in [0, 0.05) is 51.4 Å². The number of hydrogen-bond acceptors (Lipinski definition) is 11. The van der Waals surface area contributed by atoms with E-state index in [1.165, 1.54) is 23.0 Å². The van der Waals surface area contributed by atoms with Crippen LogP contribution in [0.4, 0.5) is 0 Å². The number of nitrogens with one attached hydrogen (secondary N) is 4. The van der Waals surface area contributed by atoms with Gasteiger partial charge in [0.05, 0.1) is 25.1 Å². The summed E-state index contributed by atoms with van der Waals surface area (Å²) in [5, 5.41) is 20.4. The first-order valence-electron chi connectivity index (χ1n) is 23.7. The van der Waals surface area contributed by atoms with Crippen LogP contribution < -0.4 is 27.0 Å². The van der Waals surface area contributed by atoms with Gasteiger partial charge in [0.2, 0.25) is 35.4 Å². The molecule has 1 fully saturated rings. The molecule has 20 nitrogen and oxygen atoms in total. The van der Waals surface area contributed by atoms with Crippen molar-refractivity contribution in [2.24, 2.45) is 11.7 Å². The molecule has 0 aliphatic carbocycles. The molecule has 1 saturated heterocycles. The standard InChI is InChI=1S/C48H71N8O12P/c1-32(2)25-39(52-48(63)42-27-38(29-56(42)34(4)58)67-24-16-14-22-36-20-12-8-13-21-36)45(60)51-40(26-37-28-50-31-55(37)23-15-6-5-9-17-35-18-10-7-11-19-35)46(61)53-41(30-57)47(62)54-43(44(49)59)33(3)68-69(64,65)66/h7-8,10-13,18-21,28,31-33,38-43,57H,5-6,9,14-17,22-27,29-30H2,1-4H3,(H2,49,59)(H,51,60)(H,52,63)(H,53,61)(H,54,62)(H2,64,65,66). The highest BCUT2D eigenvalue weighted by atomic mass is 31.2. The fourth-order valence-electron chi connectivity index (χ4n) is 8.25. The summed E-state index contributed by atoms with van der Waals surface area (Å²) in [6, 6.07) is 13.3. The van der Waals surface area contributed by atoms with Crippen LogP contribution in [0.1, 0.15) is 95.9 Å². The van der Waals surface area contributed by atoms with E-state index in [2.05, 4.69) is 55.0 Å². The number of nitrogens with zero attached hydrogens (tertiary/aromatic N) is 3. The lowest BCUT2D eigenvalue weighted by Gasteiger charge is -2.28. The Morgan fingerprint density at radius 1 is 0.797 bits per heavy atom. The SMILES string of the molecule is CC(=O)N1CC(OCCCCc2ccccc2)CC1C(=O)NC(CC(C)C)C(=O)NC(Cc1cncn1CCCCCCc1ccccc1)C(=O)NC(CO)C(=O)NC(C(N)=O)C(C)OP(=O)(O)O. The molecule has 7 unspecified atom stereocenters. The van der Waals surface area contributed by atoms with Gasteiger partial charge in [-0.25, -0.2) is 9.55 Å². The van der Waals surface area contributed by atoms with Crippen LogP contribution in [0.15, 0.2) is 73.2 Å². The average Bonchev–Trinajstić information content (AvgIpc) is 3.94. The molecule has 0 bridgehead atoms. The van der Waals surface area contributed by atoms with E-state index in [4.69, 9.17) is 10.5 Å². The number of phosphoric ester groups is 1. The normalized spacial score (nSPS) is 17.1. The Balaban J connectivity index is 1.48. The largest absolute Gasteiger partial charge is 0.469 e. The van der Waals surface area contributed by atoms with E-state index in [9.17, 15) is 48.2 Å². The summed E-state index contributed by atoms with van der Waals surface area (Å²) in [6.07, 6.45) is 8.61. The Bertz CT molecular complexity index is 2160. The zero-order valence-corrected chi connectivity index (χ0v) is 40.9. The molecule has 21 heteroatoms. The first-order chi connectivity index (χ1) is 32.8. The van der Waals surface area contributed by atoms with E-state index < -0.39 is 86.4 Å². The monoisotopic (exact) mass is 982 g/mol. The summed E-state index contributed by atoms with van der Waals surface area (Å²) in [5.41, 5.74) is 8.44.